The zero-order valence-corrected chi connectivity index (χ0v) is 10.2. The highest BCUT2D eigenvalue weighted by molar-refractivity contribution is 5.86. The fraction of sp³-hybridized carbons (Fsp3) is 0.692. The van der Waals surface area contributed by atoms with Crippen molar-refractivity contribution in [2.24, 2.45) is 29.6 Å². The highest BCUT2D eigenvalue weighted by Gasteiger charge is 2.51. The number of amides is 1. The fourth-order valence-corrected chi connectivity index (χ4v) is 2.94. The number of carboxylic acids is 1. The van der Waals surface area contributed by atoms with Gasteiger partial charge in [0.05, 0.1) is 11.8 Å². The van der Waals surface area contributed by atoms with Crippen LogP contribution in [-0.4, -0.2) is 23.5 Å². The first-order valence-electron chi connectivity index (χ1n) is 6.19. The van der Waals surface area contributed by atoms with Gasteiger partial charge in [-0.05, 0) is 24.2 Å². The van der Waals surface area contributed by atoms with E-state index in [9.17, 15) is 14.7 Å². The van der Waals surface area contributed by atoms with Crippen LogP contribution in [0.4, 0.5) is 0 Å². The van der Waals surface area contributed by atoms with Crippen molar-refractivity contribution >= 4 is 11.9 Å². The summed E-state index contributed by atoms with van der Waals surface area (Å²) in [5.74, 6) is -1.29. The molecule has 0 aromatic carbocycles. The zero-order chi connectivity index (χ0) is 12.6. The van der Waals surface area contributed by atoms with Gasteiger partial charge in [-0.15, -0.1) is 0 Å². The van der Waals surface area contributed by atoms with Crippen molar-refractivity contribution in [3.05, 3.63) is 12.2 Å². The molecule has 1 amide bonds. The van der Waals surface area contributed by atoms with Crippen LogP contribution in [0.25, 0.3) is 0 Å². The van der Waals surface area contributed by atoms with Gasteiger partial charge in [0.25, 0.3) is 0 Å². The van der Waals surface area contributed by atoms with E-state index in [0.717, 1.165) is 6.42 Å². The minimum Gasteiger partial charge on any atom is -0.481 e. The van der Waals surface area contributed by atoms with Gasteiger partial charge in [-0.3, -0.25) is 9.59 Å². The first kappa shape index (κ1) is 12.1. The summed E-state index contributed by atoms with van der Waals surface area (Å²) in [6.07, 6.45) is 4.77. The Bertz CT molecular complexity index is 362. The SMILES string of the molecule is CC(C)CNC(=O)[C@H]1C2C=CC(C2)[C@H]1C(=O)O. The molecule has 17 heavy (non-hydrogen) atoms. The zero-order valence-electron chi connectivity index (χ0n) is 10.2. The van der Waals surface area contributed by atoms with Gasteiger partial charge in [-0.1, -0.05) is 26.0 Å². The van der Waals surface area contributed by atoms with E-state index in [4.69, 9.17) is 0 Å². The summed E-state index contributed by atoms with van der Waals surface area (Å²) in [6.45, 7) is 4.66. The second kappa shape index (κ2) is 4.51. The Morgan fingerprint density at radius 1 is 1.29 bits per heavy atom. The molecule has 1 fully saturated rings. The Morgan fingerprint density at radius 3 is 2.41 bits per heavy atom. The molecule has 2 N–H and O–H groups in total. The van der Waals surface area contributed by atoms with E-state index in [-0.39, 0.29) is 23.7 Å². The molecule has 94 valence electrons. The summed E-state index contributed by atoms with van der Waals surface area (Å²) < 4.78 is 0. The summed E-state index contributed by atoms with van der Waals surface area (Å²) in [4.78, 5) is 23.3. The maximum absolute atomic E-state index is 12.0. The molecule has 0 aliphatic heterocycles. The second-order valence-corrected chi connectivity index (χ2v) is 5.48. The monoisotopic (exact) mass is 237 g/mol. The normalized spacial score (nSPS) is 34.3. The van der Waals surface area contributed by atoms with E-state index in [1.165, 1.54) is 0 Å². The molecular weight excluding hydrogens is 218 g/mol. The van der Waals surface area contributed by atoms with E-state index in [1.54, 1.807) is 0 Å². The number of hydrogen-bond donors (Lipinski definition) is 2. The number of allylic oxidation sites excluding steroid dienone is 2. The molecule has 2 aliphatic rings. The van der Waals surface area contributed by atoms with Gasteiger partial charge >= 0.3 is 5.97 Å². The number of nitrogens with one attached hydrogen (secondary N) is 1. The molecule has 0 radical (unpaired) electrons. The molecule has 2 bridgehead atoms. The van der Waals surface area contributed by atoms with Crippen LogP contribution >= 0.6 is 0 Å². The second-order valence-electron chi connectivity index (χ2n) is 5.48. The fourth-order valence-electron chi connectivity index (χ4n) is 2.94. The third-order valence-corrected chi connectivity index (χ3v) is 3.73. The Morgan fingerprint density at radius 2 is 1.88 bits per heavy atom. The number of carbonyl (C=O) groups is 2. The minimum atomic E-state index is -0.841. The van der Waals surface area contributed by atoms with Crippen LogP contribution in [0.1, 0.15) is 20.3 Å². The number of rotatable bonds is 4. The van der Waals surface area contributed by atoms with Crippen LogP contribution in [0.2, 0.25) is 0 Å². The lowest BCUT2D eigenvalue weighted by Crippen LogP contribution is -2.41. The molecule has 2 rings (SSSR count). The van der Waals surface area contributed by atoms with Crippen molar-refractivity contribution in [2.45, 2.75) is 20.3 Å². The molecule has 0 aromatic heterocycles. The lowest BCUT2D eigenvalue weighted by molar-refractivity contribution is -0.147. The quantitative estimate of drug-likeness (QED) is 0.724. The van der Waals surface area contributed by atoms with Gasteiger partial charge in [-0.25, -0.2) is 0 Å². The average molecular weight is 237 g/mol. The molecule has 0 heterocycles. The van der Waals surface area contributed by atoms with Gasteiger partial charge in [0.15, 0.2) is 0 Å². The number of carboxylic acid groups (broad SMARTS) is 1. The summed E-state index contributed by atoms with van der Waals surface area (Å²) in [5.41, 5.74) is 0. The predicted molar refractivity (Wildman–Crippen MR) is 63.2 cm³/mol. The van der Waals surface area contributed by atoms with Gasteiger partial charge in [0.2, 0.25) is 5.91 Å². The minimum absolute atomic E-state index is 0.0484. The molecule has 4 atom stereocenters. The third-order valence-electron chi connectivity index (χ3n) is 3.73. The van der Waals surface area contributed by atoms with Crippen LogP contribution in [0.5, 0.6) is 0 Å². The van der Waals surface area contributed by atoms with Crippen molar-refractivity contribution in [2.75, 3.05) is 6.54 Å². The maximum Gasteiger partial charge on any atom is 0.307 e. The number of aliphatic carboxylic acids is 1. The van der Waals surface area contributed by atoms with Crippen LogP contribution < -0.4 is 5.32 Å². The molecule has 0 saturated heterocycles. The third kappa shape index (κ3) is 2.21. The van der Waals surface area contributed by atoms with Crippen LogP contribution in [0.15, 0.2) is 12.2 Å². The standard InChI is InChI=1S/C13H19NO3/c1-7(2)6-14-12(15)10-8-3-4-9(5-8)11(10)13(16)17/h3-4,7-11H,5-6H2,1-2H3,(H,14,15)(H,16,17)/t8?,9?,10-,11+/m0/s1. The van der Waals surface area contributed by atoms with Crippen molar-refractivity contribution in [1.82, 2.24) is 5.32 Å². The smallest absolute Gasteiger partial charge is 0.307 e. The Kier molecular flexibility index (Phi) is 3.22. The molecule has 2 unspecified atom stereocenters. The predicted octanol–water partition coefficient (Wildman–Crippen LogP) is 1.28. The summed E-state index contributed by atoms with van der Waals surface area (Å²) in [6, 6.07) is 0. The van der Waals surface area contributed by atoms with Crippen LogP contribution in [0, 0.1) is 29.6 Å². The molecule has 1 saturated carbocycles. The van der Waals surface area contributed by atoms with E-state index in [0.29, 0.717) is 12.5 Å². The Balaban J connectivity index is 2.06. The van der Waals surface area contributed by atoms with Gasteiger partial charge in [0, 0.05) is 6.54 Å². The lowest BCUT2D eigenvalue weighted by atomic mass is 9.82. The van der Waals surface area contributed by atoms with Gasteiger partial charge in [0.1, 0.15) is 0 Å². The number of fused-ring (bicyclic) bond motifs is 2. The van der Waals surface area contributed by atoms with E-state index >= 15 is 0 Å². The molecular formula is C13H19NO3. The highest BCUT2D eigenvalue weighted by Crippen LogP contribution is 2.48. The van der Waals surface area contributed by atoms with Crippen LogP contribution in [0.3, 0.4) is 0 Å². The van der Waals surface area contributed by atoms with Crippen LogP contribution in [-0.2, 0) is 9.59 Å². The Labute approximate surface area is 101 Å². The van der Waals surface area contributed by atoms with Crippen molar-refractivity contribution < 1.29 is 14.7 Å². The van der Waals surface area contributed by atoms with E-state index in [2.05, 4.69) is 5.32 Å². The molecule has 0 spiro atoms. The topological polar surface area (TPSA) is 66.4 Å². The largest absolute Gasteiger partial charge is 0.481 e. The van der Waals surface area contributed by atoms with Crippen molar-refractivity contribution in [3.63, 3.8) is 0 Å². The number of hydrogen-bond acceptors (Lipinski definition) is 2. The molecule has 0 aromatic rings. The number of carbonyl (C=O) groups excluding carboxylic acids is 1. The van der Waals surface area contributed by atoms with E-state index in [1.807, 2.05) is 26.0 Å². The summed E-state index contributed by atoms with van der Waals surface area (Å²) >= 11 is 0. The van der Waals surface area contributed by atoms with Crippen molar-refractivity contribution in [1.29, 1.82) is 0 Å². The molecule has 4 nitrogen and oxygen atoms in total. The first-order chi connectivity index (χ1) is 8.00. The Hall–Kier alpha value is -1.32. The average Bonchev–Trinajstić information content (AvgIpc) is 2.84. The highest BCUT2D eigenvalue weighted by atomic mass is 16.4. The molecule has 2 aliphatic carbocycles. The van der Waals surface area contributed by atoms with Crippen molar-refractivity contribution in [3.8, 4) is 0 Å². The first-order valence-corrected chi connectivity index (χ1v) is 6.19. The van der Waals surface area contributed by atoms with Gasteiger partial charge in [-0.2, -0.15) is 0 Å². The maximum atomic E-state index is 12.0. The summed E-state index contributed by atoms with van der Waals surface area (Å²) in [5, 5.41) is 12.1. The summed E-state index contributed by atoms with van der Waals surface area (Å²) in [7, 11) is 0. The van der Waals surface area contributed by atoms with Gasteiger partial charge < -0.3 is 10.4 Å². The molecule has 4 heteroatoms. The van der Waals surface area contributed by atoms with E-state index < -0.39 is 11.9 Å². The lowest BCUT2D eigenvalue weighted by Gasteiger charge is -2.24.